The van der Waals surface area contributed by atoms with E-state index in [0.717, 1.165) is 0 Å². The smallest absolute Gasteiger partial charge is 0.291 e. The SMILES string of the molecule is O.O.O.O=[N+]([O-])O.O=[N+]([O-])[O-].[Cu]. The largest absolute Gasteiger partial charge is 0.412 e. The molecule has 0 spiro atoms. The topological polar surface area (TPSA) is 224 Å². The van der Waals surface area contributed by atoms with Crippen LogP contribution in [0.15, 0.2) is 0 Å². The van der Waals surface area contributed by atoms with E-state index in [2.05, 4.69) is 0 Å². The van der Waals surface area contributed by atoms with Crippen LogP contribution in [0.4, 0.5) is 0 Å². The molecule has 0 fully saturated rings. The molecule has 0 saturated heterocycles. The van der Waals surface area contributed by atoms with E-state index in [9.17, 15) is 0 Å². The second-order valence-electron chi connectivity index (χ2n) is 0.461. The molecular formula is H7CuN2O9-. The zero-order chi connectivity index (χ0) is 7.15. The maximum atomic E-state index is 8.36. The molecule has 0 aliphatic carbocycles. The van der Waals surface area contributed by atoms with Crippen molar-refractivity contribution in [3.63, 3.8) is 0 Å². The summed E-state index contributed by atoms with van der Waals surface area (Å²) in [6, 6.07) is 0. The summed E-state index contributed by atoms with van der Waals surface area (Å²) in [6.07, 6.45) is 0. The molecule has 0 aromatic carbocycles. The van der Waals surface area contributed by atoms with Gasteiger partial charge in [-0.15, -0.1) is 10.1 Å². The van der Waals surface area contributed by atoms with E-state index in [1.165, 1.54) is 0 Å². The normalized spacial score (nSPS) is 4.00. The standard InChI is InChI=1S/Cu.HNO3.NO3.3H2O/c;2*2-1(3)4;;;/h;(H,2,3,4);;3*1H2/q;;-1;;;. The zero-order valence-electron chi connectivity index (χ0n) is 5.18. The first-order valence-electron chi connectivity index (χ1n) is 1.11. The predicted octanol–water partition coefficient (Wildman–Crippen LogP) is -3.06. The number of hydrogen-bond acceptors (Lipinski definition) is 5. The molecule has 11 nitrogen and oxygen atoms in total. The Bertz CT molecular complexity index is 70.5. The minimum atomic E-state index is -1.75. The minimum Gasteiger partial charge on any atom is -0.412 e. The van der Waals surface area contributed by atoms with Gasteiger partial charge in [-0.2, -0.15) is 0 Å². The van der Waals surface area contributed by atoms with E-state index in [1.807, 2.05) is 0 Å². The summed E-state index contributed by atoms with van der Waals surface area (Å²) in [5, 5.41) is 28.4. The molecule has 0 heterocycles. The summed E-state index contributed by atoms with van der Waals surface area (Å²) >= 11 is 0. The third kappa shape index (κ3) is 371. The van der Waals surface area contributed by atoms with Crippen LogP contribution in [0.1, 0.15) is 0 Å². The molecule has 0 amide bonds. The predicted molar refractivity (Wildman–Crippen MR) is 30.0 cm³/mol. The second-order valence-corrected chi connectivity index (χ2v) is 0.461. The Labute approximate surface area is 75.2 Å². The molecule has 12 heteroatoms. The van der Waals surface area contributed by atoms with Crippen molar-refractivity contribution in [3.8, 4) is 0 Å². The summed E-state index contributed by atoms with van der Waals surface area (Å²) in [7, 11) is 0. The molecule has 7 N–H and O–H groups in total. The van der Waals surface area contributed by atoms with Gasteiger partial charge in [-0.05, 0) is 0 Å². The van der Waals surface area contributed by atoms with Gasteiger partial charge in [0.15, 0.2) is 0 Å². The van der Waals surface area contributed by atoms with Crippen LogP contribution in [0, 0.1) is 25.4 Å². The van der Waals surface area contributed by atoms with Crippen LogP contribution < -0.4 is 0 Å². The van der Waals surface area contributed by atoms with Crippen molar-refractivity contribution < 1.29 is 48.9 Å². The Balaban J connectivity index is -0.0000000112. The average Bonchev–Trinajstić information content (AvgIpc) is 1.25. The van der Waals surface area contributed by atoms with Crippen molar-refractivity contribution >= 4 is 0 Å². The van der Waals surface area contributed by atoms with Crippen molar-refractivity contribution in [2.75, 3.05) is 0 Å². The first-order valence-corrected chi connectivity index (χ1v) is 1.11. The van der Waals surface area contributed by atoms with E-state index in [1.54, 1.807) is 0 Å². The number of rotatable bonds is 0. The molecule has 0 aliphatic rings. The Morgan fingerprint density at radius 1 is 0.917 bits per heavy atom. The third-order valence-corrected chi connectivity index (χ3v) is 0. The Morgan fingerprint density at radius 2 is 0.917 bits per heavy atom. The van der Waals surface area contributed by atoms with Crippen molar-refractivity contribution in [2.45, 2.75) is 0 Å². The fourth-order valence-corrected chi connectivity index (χ4v) is 0. The van der Waals surface area contributed by atoms with Gasteiger partial charge >= 0.3 is 0 Å². The van der Waals surface area contributed by atoms with Gasteiger partial charge in [0.2, 0.25) is 0 Å². The molecule has 0 atom stereocenters. The number of hydrogen-bond donors (Lipinski definition) is 1. The van der Waals surface area contributed by atoms with Crippen molar-refractivity contribution in [2.24, 2.45) is 0 Å². The molecule has 0 aromatic rings. The van der Waals surface area contributed by atoms with Gasteiger partial charge in [0.05, 0.1) is 5.09 Å². The summed E-state index contributed by atoms with van der Waals surface area (Å²) in [6.45, 7) is 0. The first kappa shape index (κ1) is 45.0. The second kappa shape index (κ2) is 32.9. The Hall–Kier alpha value is -1.20. The third-order valence-electron chi connectivity index (χ3n) is 0. The molecule has 0 rings (SSSR count). The summed E-state index contributed by atoms with van der Waals surface area (Å²) in [5.41, 5.74) is 0. The Kier molecular flexibility index (Phi) is 124. The summed E-state index contributed by atoms with van der Waals surface area (Å²) in [5.74, 6) is 0. The van der Waals surface area contributed by atoms with Crippen molar-refractivity contribution in [1.29, 1.82) is 0 Å². The van der Waals surface area contributed by atoms with Crippen LogP contribution in [0.3, 0.4) is 0 Å². The van der Waals surface area contributed by atoms with Gasteiger partial charge in [0.25, 0.3) is 5.09 Å². The minimum absolute atomic E-state index is 0. The molecule has 0 bridgehead atoms. The molecule has 0 saturated carbocycles. The van der Waals surface area contributed by atoms with Gasteiger partial charge in [0.1, 0.15) is 0 Å². The van der Waals surface area contributed by atoms with E-state index < -0.39 is 10.2 Å². The van der Waals surface area contributed by atoms with Gasteiger partial charge < -0.3 is 37.0 Å². The monoisotopic (exact) mass is 242 g/mol. The van der Waals surface area contributed by atoms with Gasteiger partial charge in [-0.25, -0.2) is 0 Å². The van der Waals surface area contributed by atoms with Gasteiger partial charge in [-0.3, -0.25) is 0 Å². The summed E-state index contributed by atoms with van der Waals surface area (Å²) in [4.78, 5) is 16.6. The molecule has 12 heavy (non-hydrogen) atoms. The van der Waals surface area contributed by atoms with Gasteiger partial charge in [-0.1, -0.05) is 0 Å². The van der Waals surface area contributed by atoms with E-state index in [4.69, 9.17) is 30.6 Å². The van der Waals surface area contributed by atoms with Crippen molar-refractivity contribution in [3.05, 3.63) is 25.4 Å². The molecule has 1 radical (unpaired) electrons. The quantitative estimate of drug-likeness (QED) is 0.263. The molecule has 83 valence electrons. The molecular weight excluding hydrogens is 236 g/mol. The van der Waals surface area contributed by atoms with Crippen LogP contribution in [0.25, 0.3) is 0 Å². The van der Waals surface area contributed by atoms with E-state index in [-0.39, 0.29) is 33.5 Å². The van der Waals surface area contributed by atoms with E-state index >= 15 is 0 Å². The fourth-order valence-electron chi connectivity index (χ4n) is 0. The fraction of sp³-hybridized carbons (Fsp3) is 0. The number of nitrogens with zero attached hydrogens (tertiary/aromatic N) is 2. The van der Waals surface area contributed by atoms with Gasteiger partial charge in [0, 0.05) is 17.1 Å². The maximum absolute atomic E-state index is 8.36. The van der Waals surface area contributed by atoms with Crippen LogP contribution in [0.5, 0.6) is 0 Å². The molecule has 0 aromatic heterocycles. The zero-order valence-corrected chi connectivity index (χ0v) is 6.13. The van der Waals surface area contributed by atoms with E-state index in [0.29, 0.717) is 0 Å². The molecule has 0 unspecified atom stereocenters. The molecule has 0 aliphatic heterocycles. The first-order chi connectivity index (χ1) is 3.46. The summed E-state index contributed by atoms with van der Waals surface area (Å²) < 4.78 is 0. The Morgan fingerprint density at radius 3 is 0.917 bits per heavy atom. The van der Waals surface area contributed by atoms with Crippen LogP contribution in [0.2, 0.25) is 0 Å². The van der Waals surface area contributed by atoms with Crippen LogP contribution in [-0.2, 0) is 17.1 Å². The maximum Gasteiger partial charge on any atom is 0.291 e. The van der Waals surface area contributed by atoms with Crippen molar-refractivity contribution in [1.82, 2.24) is 0 Å². The average molecular weight is 243 g/mol. The van der Waals surface area contributed by atoms with Crippen LogP contribution >= 0.6 is 0 Å². The van der Waals surface area contributed by atoms with Crippen LogP contribution in [-0.4, -0.2) is 31.8 Å².